The molecule has 5 nitrogen and oxygen atoms in total. The molecule has 1 aromatic rings. The van der Waals surface area contributed by atoms with Gasteiger partial charge in [-0.25, -0.2) is 4.98 Å². The van der Waals surface area contributed by atoms with E-state index in [2.05, 4.69) is 4.98 Å². The van der Waals surface area contributed by atoms with Gasteiger partial charge in [-0.15, -0.1) is 0 Å². The molecule has 0 amide bonds. The van der Waals surface area contributed by atoms with Crippen molar-refractivity contribution in [1.29, 1.82) is 0 Å². The van der Waals surface area contributed by atoms with Crippen molar-refractivity contribution in [2.75, 3.05) is 13.2 Å². The molecule has 0 N–H and O–H groups in total. The summed E-state index contributed by atoms with van der Waals surface area (Å²) in [5.41, 5.74) is -0.463. The van der Waals surface area contributed by atoms with Gasteiger partial charge in [-0.3, -0.25) is 0 Å². The fourth-order valence-electron chi connectivity index (χ4n) is 1.49. The van der Waals surface area contributed by atoms with Crippen molar-refractivity contribution in [3.63, 3.8) is 0 Å². The van der Waals surface area contributed by atoms with Gasteiger partial charge in [-0.05, 0) is 0 Å². The maximum absolute atomic E-state index is 10.5. The fourth-order valence-corrected chi connectivity index (χ4v) is 1.49. The third kappa shape index (κ3) is 2.00. The minimum absolute atomic E-state index is 0. The molecule has 1 fully saturated rings. The van der Waals surface area contributed by atoms with E-state index in [0.717, 1.165) is 0 Å². The van der Waals surface area contributed by atoms with Crippen LogP contribution in [0.2, 0.25) is 0 Å². The number of aromatic nitrogens is 2. The quantitative estimate of drug-likeness (QED) is 0.468. The topological polar surface area (TPSA) is 67.2 Å². The standard InChI is InChI=1S/C8H10N2O3.Na/c11-7(12)3-8(4-13-5-8)10-2-1-9-6-10;/h1-2,6H,3-5H2,(H,11,12);/q;+1/p-1. The van der Waals surface area contributed by atoms with E-state index in [9.17, 15) is 9.90 Å². The number of aliphatic carboxylic acids is 1. The van der Waals surface area contributed by atoms with Crippen LogP contribution >= 0.6 is 0 Å². The normalized spacial score (nSPS) is 18.0. The van der Waals surface area contributed by atoms with E-state index in [-0.39, 0.29) is 36.0 Å². The first kappa shape index (κ1) is 11.7. The van der Waals surface area contributed by atoms with Gasteiger partial charge in [-0.1, -0.05) is 0 Å². The Labute approximate surface area is 103 Å². The predicted octanol–water partition coefficient (Wildman–Crippen LogP) is -4.25. The summed E-state index contributed by atoms with van der Waals surface area (Å²) in [6.45, 7) is 0.828. The zero-order valence-electron chi connectivity index (χ0n) is 7.97. The Bertz CT molecular complexity index is 308. The van der Waals surface area contributed by atoms with Crippen LogP contribution in [-0.4, -0.2) is 28.7 Å². The average Bonchev–Trinajstić information content (AvgIpc) is 2.48. The Morgan fingerprint density at radius 2 is 2.36 bits per heavy atom. The molecule has 2 rings (SSSR count). The molecular formula is C8H9N2NaO3. The summed E-state index contributed by atoms with van der Waals surface area (Å²) < 4.78 is 6.79. The van der Waals surface area contributed by atoms with Gasteiger partial charge >= 0.3 is 29.6 Å². The molecule has 0 saturated carbocycles. The molecule has 1 aliphatic heterocycles. The maximum Gasteiger partial charge on any atom is 1.00 e. The zero-order chi connectivity index (χ0) is 9.31. The van der Waals surface area contributed by atoms with Gasteiger partial charge in [0.15, 0.2) is 0 Å². The van der Waals surface area contributed by atoms with Crippen molar-refractivity contribution >= 4 is 5.97 Å². The van der Waals surface area contributed by atoms with Gasteiger partial charge in [0, 0.05) is 24.8 Å². The average molecular weight is 204 g/mol. The molecule has 70 valence electrons. The number of rotatable bonds is 3. The van der Waals surface area contributed by atoms with Crippen LogP contribution in [0.15, 0.2) is 18.7 Å². The number of ether oxygens (including phenoxy) is 1. The number of hydrogen-bond donors (Lipinski definition) is 0. The smallest absolute Gasteiger partial charge is 0.550 e. The van der Waals surface area contributed by atoms with E-state index in [4.69, 9.17) is 4.74 Å². The Balaban J connectivity index is 0.000000980. The van der Waals surface area contributed by atoms with Crippen LogP contribution < -0.4 is 34.7 Å². The number of nitrogens with zero attached hydrogens (tertiary/aromatic N) is 2. The van der Waals surface area contributed by atoms with Crippen LogP contribution in [0.4, 0.5) is 0 Å². The molecule has 0 unspecified atom stereocenters. The van der Waals surface area contributed by atoms with Crippen LogP contribution in [0, 0.1) is 0 Å². The third-order valence-electron chi connectivity index (χ3n) is 2.27. The van der Waals surface area contributed by atoms with Gasteiger partial charge in [0.05, 0.1) is 25.1 Å². The van der Waals surface area contributed by atoms with Gasteiger partial charge in [0.25, 0.3) is 0 Å². The first-order valence-electron chi connectivity index (χ1n) is 3.99. The van der Waals surface area contributed by atoms with Gasteiger partial charge in [-0.2, -0.15) is 0 Å². The van der Waals surface area contributed by atoms with Crippen molar-refractivity contribution in [3.8, 4) is 0 Å². The molecule has 0 spiro atoms. The summed E-state index contributed by atoms with van der Waals surface area (Å²) in [5.74, 6) is -1.06. The minimum Gasteiger partial charge on any atom is -0.550 e. The van der Waals surface area contributed by atoms with Crippen LogP contribution in [0.5, 0.6) is 0 Å². The fraction of sp³-hybridized carbons (Fsp3) is 0.500. The number of carboxylic acid groups (broad SMARTS) is 1. The molecule has 6 heteroatoms. The van der Waals surface area contributed by atoms with E-state index >= 15 is 0 Å². The molecule has 1 aliphatic rings. The maximum atomic E-state index is 10.5. The van der Waals surface area contributed by atoms with Crippen LogP contribution in [0.25, 0.3) is 0 Å². The molecule has 1 aromatic heterocycles. The SMILES string of the molecule is O=C([O-])CC1(n2ccnc2)COC1.[Na+]. The first-order valence-corrected chi connectivity index (χ1v) is 3.99. The van der Waals surface area contributed by atoms with Gasteiger partial charge < -0.3 is 19.2 Å². The molecule has 0 aromatic carbocycles. The van der Waals surface area contributed by atoms with E-state index in [1.54, 1.807) is 23.3 Å². The Kier molecular flexibility index (Phi) is 3.71. The van der Waals surface area contributed by atoms with E-state index in [1.807, 2.05) is 0 Å². The van der Waals surface area contributed by atoms with Crippen molar-refractivity contribution < 1.29 is 44.2 Å². The number of imidazole rings is 1. The molecule has 0 bridgehead atoms. The van der Waals surface area contributed by atoms with Crippen LogP contribution in [-0.2, 0) is 15.1 Å². The molecule has 1 saturated heterocycles. The largest absolute Gasteiger partial charge is 1.00 e. The zero-order valence-corrected chi connectivity index (χ0v) is 9.97. The van der Waals surface area contributed by atoms with Crippen molar-refractivity contribution in [2.45, 2.75) is 12.0 Å². The van der Waals surface area contributed by atoms with Crippen molar-refractivity contribution in [1.82, 2.24) is 9.55 Å². The van der Waals surface area contributed by atoms with Gasteiger partial charge in [0.1, 0.15) is 0 Å². The second-order valence-electron chi connectivity index (χ2n) is 3.24. The van der Waals surface area contributed by atoms with Gasteiger partial charge in [0.2, 0.25) is 0 Å². The summed E-state index contributed by atoms with van der Waals surface area (Å²) in [6, 6.07) is 0. The van der Waals surface area contributed by atoms with E-state index in [1.165, 1.54) is 0 Å². The van der Waals surface area contributed by atoms with Crippen LogP contribution in [0.3, 0.4) is 0 Å². The molecule has 2 heterocycles. The Hall–Kier alpha value is -0.360. The molecule has 0 aliphatic carbocycles. The third-order valence-corrected chi connectivity index (χ3v) is 2.27. The molecular weight excluding hydrogens is 195 g/mol. The summed E-state index contributed by atoms with van der Waals surface area (Å²) in [7, 11) is 0. The Morgan fingerprint density at radius 3 is 2.71 bits per heavy atom. The summed E-state index contributed by atoms with van der Waals surface area (Å²) in [5, 5.41) is 10.5. The van der Waals surface area contributed by atoms with Crippen molar-refractivity contribution in [3.05, 3.63) is 18.7 Å². The number of carbonyl (C=O) groups is 1. The second-order valence-corrected chi connectivity index (χ2v) is 3.24. The minimum atomic E-state index is -1.06. The summed E-state index contributed by atoms with van der Waals surface area (Å²) >= 11 is 0. The molecule has 0 radical (unpaired) electrons. The number of hydrogen-bond acceptors (Lipinski definition) is 4. The summed E-state index contributed by atoms with van der Waals surface area (Å²) in [6.07, 6.45) is 4.94. The van der Waals surface area contributed by atoms with E-state index < -0.39 is 11.5 Å². The predicted molar refractivity (Wildman–Crippen MR) is 40.6 cm³/mol. The second kappa shape index (κ2) is 4.44. The number of carboxylic acids is 1. The summed E-state index contributed by atoms with van der Waals surface area (Å²) in [4.78, 5) is 14.4. The molecule has 14 heavy (non-hydrogen) atoms. The van der Waals surface area contributed by atoms with E-state index in [0.29, 0.717) is 13.2 Å². The number of carbonyl (C=O) groups excluding carboxylic acids is 1. The van der Waals surface area contributed by atoms with Crippen LogP contribution in [0.1, 0.15) is 6.42 Å². The Morgan fingerprint density at radius 1 is 1.64 bits per heavy atom. The van der Waals surface area contributed by atoms with Crippen molar-refractivity contribution in [2.24, 2.45) is 0 Å². The first-order chi connectivity index (χ1) is 6.23. The molecule has 0 atom stereocenters. The monoisotopic (exact) mass is 204 g/mol.